The summed E-state index contributed by atoms with van der Waals surface area (Å²) in [6.07, 6.45) is -0.861. The number of ether oxygens (including phenoxy) is 3. The van der Waals surface area contributed by atoms with E-state index in [0.717, 1.165) is 13.8 Å². The lowest BCUT2D eigenvalue weighted by Gasteiger charge is -2.15. The second-order valence-corrected chi connectivity index (χ2v) is 2.89. The predicted molar refractivity (Wildman–Crippen MR) is 50.3 cm³/mol. The molecule has 0 aliphatic carbocycles. The highest BCUT2D eigenvalue weighted by Crippen LogP contribution is 2.03. The van der Waals surface area contributed by atoms with Gasteiger partial charge in [0.15, 0.2) is 0 Å². The summed E-state index contributed by atoms with van der Waals surface area (Å²) in [6.45, 7) is 0.273. The van der Waals surface area contributed by atoms with Crippen molar-refractivity contribution in [3.05, 3.63) is 0 Å². The summed E-state index contributed by atoms with van der Waals surface area (Å²) in [5, 5.41) is 8.31. The predicted octanol–water partition coefficient (Wildman–Crippen LogP) is -0.196. The third kappa shape index (κ3) is 8.85. The summed E-state index contributed by atoms with van der Waals surface area (Å²) >= 11 is 0. The monoisotopic (exact) mass is 248 g/mol. The first kappa shape index (κ1) is 14.9. The second kappa shape index (κ2) is 7.20. The van der Waals surface area contributed by atoms with E-state index in [1.165, 1.54) is 0 Å². The number of carboxylic acid groups (broad SMARTS) is 1. The standard InChI is InChI=1S/C9H12O8/c1-5(10)15-9(16-6(2)11)17-8(14)4-3-7(12)13/h9H,3-4H2,1-2H3,(H,12,13). The van der Waals surface area contributed by atoms with Gasteiger partial charge in [0.25, 0.3) is 0 Å². The van der Waals surface area contributed by atoms with Crippen LogP contribution in [0.3, 0.4) is 0 Å². The van der Waals surface area contributed by atoms with Gasteiger partial charge in [-0.1, -0.05) is 0 Å². The van der Waals surface area contributed by atoms with Crippen LogP contribution < -0.4 is 0 Å². The Bertz CT molecular complexity index is 305. The van der Waals surface area contributed by atoms with Gasteiger partial charge >= 0.3 is 30.4 Å². The zero-order chi connectivity index (χ0) is 13.4. The molecular formula is C9H12O8. The van der Waals surface area contributed by atoms with E-state index in [9.17, 15) is 19.2 Å². The van der Waals surface area contributed by atoms with Crippen molar-refractivity contribution < 1.29 is 38.5 Å². The number of rotatable bonds is 6. The highest BCUT2D eigenvalue weighted by Gasteiger charge is 2.20. The SMILES string of the molecule is CC(=O)OC(OC(C)=O)OC(=O)CCC(=O)O. The zero-order valence-corrected chi connectivity index (χ0v) is 9.30. The first-order chi connectivity index (χ1) is 7.81. The van der Waals surface area contributed by atoms with Gasteiger partial charge in [-0.2, -0.15) is 0 Å². The van der Waals surface area contributed by atoms with Gasteiger partial charge in [-0.15, -0.1) is 0 Å². The van der Waals surface area contributed by atoms with Gasteiger partial charge in [0.2, 0.25) is 0 Å². The molecule has 0 fully saturated rings. The van der Waals surface area contributed by atoms with E-state index in [1.54, 1.807) is 0 Å². The Morgan fingerprint density at radius 1 is 0.941 bits per heavy atom. The molecule has 8 nitrogen and oxygen atoms in total. The fourth-order valence-corrected chi connectivity index (χ4v) is 0.718. The maximum absolute atomic E-state index is 11.1. The van der Waals surface area contributed by atoms with Crippen molar-refractivity contribution in [3.63, 3.8) is 0 Å². The molecule has 0 aliphatic heterocycles. The van der Waals surface area contributed by atoms with Crippen LogP contribution in [-0.4, -0.2) is 35.5 Å². The van der Waals surface area contributed by atoms with Crippen LogP contribution in [0.25, 0.3) is 0 Å². The fourth-order valence-electron chi connectivity index (χ4n) is 0.718. The van der Waals surface area contributed by atoms with Crippen molar-refractivity contribution in [1.29, 1.82) is 0 Å². The van der Waals surface area contributed by atoms with Crippen molar-refractivity contribution in [1.82, 2.24) is 0 Å². The lowest BCUT2D eigenvalue weighted by molar-refractivity contribution is -0.255. The van der Waals surface area contributed by atoms with E-state index in [2.05, 4.69) is 14.2 Å². The third-order valence-corrected chi connectivity index (χ3v) is 1.30. The number of aliphatic carboxylic acids is 1. The first-order valence-electron chi connectivity index (χ1n) is 4.57. The van der Waals surface area contributed by atoms with Crippen molar-refractivity contribution in [2.45, 2.75) is 33.2 Å². The normalized spacial score (nSPS) is 9.59. The summed E-state index contributed by atoms with van der Waals surface area (Å²) in [5.74, 6) is -3.78. The second-order valence-electron chi connectivity index (χ2n) is 2.89. The molecule has 0 bridgehead atoms. The molecule has 0 radical (unpaired) electrons. The molecule has 0 saturated heterocycles. The van der Waals surface area contributed by atoms with Gasteiger partial charge in [0.1, 0.15) is 0 Å². The molecule has 0 heterocycles. The van der Waals surface area contributed by atoms with E-state index >= 15 is 0 Å². The molecule has 17 heavy (non-hydrogen) atoms. The molecule has 0 aliphatic rings. The van der Waals surface area contributed by atoms with E-state index in [-0.39, 0.29) is 0 Å². The summed E-state index contributed by atoms with van der Waals surface area (Å²) < 4.78 is 13.2. The minimum atomic E-state index is -1.79. The quantitative estimate of drug-likeness (QED) is 0.507. The molecule has 0 unspecified atom stereocenters. The summed E-state index contributed by atoms with van der Waals surface area (Å²) in [4.78, 5) is 42.4. The van der Waals surface area contributed by atoms with E-state index in [0.29, 0.717) is 0 Å². The van der Waals surface area contributed by atoms with Crippen LogP contribution in [0, 0.1) is 0 Å². The molecule has 0 amide bonds. The van der Waals surface area contributed by atoms with Crippen LogP contribution in [0.1, 0.15) is 26.7 Å². The Kier molecular flexibility index (Phi) is 6.30. The smallest absolute Gasteiger partial charge is 0.412 e. The van der Waals surface area contributed by atoms with Gasteiger partial charge < -0.3 is 19.3 Å². The molecule has 0 aromatic carbocycles. The molecule has 0 rings (SSSR count). The first-order valence-corrected chi connectivity index (χ1v) is 4.57. The number of hydrogen-bond donors (Lipinski definition) is 1. The highest BCUT2D eigenvalue weighted by molar-refractivity contribution is 5.77. The Hall–Kier alpha value is -2.12. The van der Waals surface area contributed by atoms with Crippen LogP contribution >= 0.6 is 0 Å². The maximum atomic E-state index is 11.1. The molecule has 96 valence electrons. The van der Waals surface area contributed by atoms with Gasteiger partial charge in [0.05, 0.1) is 12.8 Å². The highest BCUT2D eigenvalue weighted by atomic mass is 16.9. The summed E-state index contributed by atoms with van der Waals surface area (Å²) in [6, 6.07) is 0. The minimum absolute atomic E-state index is 0.422. The zero-order valence-electron chi connectivity index (χ0n) is 9.30. The lowest BCUT2D eigenvalue weighted by Crippen LogP contribution is -2.28. The van der Waals surface area contributed by atoms with E-state index in [1.807, 2.05) is 0 Å². The number of carbonyl (C=O) groups is 4. The van der Waals surface area contributed by atoms with Gasteiger partial charge in [0, 0.05) is 13.8 Å². The Labute approximate surface area is 96.4 Å². The molecule has 0 aromatic heterocycles. The number of hydrogen-bond acceptors (Lipinski definition) is 7. The topological polar surface area (TPSA) is 116 Å². The van der Waals surface area contributed by atoms with Crippen LogP contribution in [-0.2, 0) is 33.4 Å². The average Bonchev–Trinajstić information content (AvgIpc) is 2.12. The van der Waals surface area contributed by atoms with Crippen LogP contribution in [0.5, 0.6) is 0 Å². The summed E-state index contributed by atoms with van der Waals surface area (Å²) in [7, 11) is 0. The van der Waals surface area contributed by atoms with Crippen LogP contribution in [0.15, 0.2) is 0 Å². The van der Waals surface area contributed by atoms with Crippen LogP contribution in [0.2, 0.25) is 0 Å². The molecular weight excluding hydrogens is 236 g/mol. The van der Waals surface area contributed by atoms with Crippen molar-refractivity contribution in [2.24, 2.45) is 0 Å². The summed E-state index contributed by atoms with van der Waals surface area (Å²) in [5.41, 5.74) is 0. The Balaban J connectivity index is 4.21. The van der Waals surface area contributed by atoms with Crippen molar-refractivity contribution in [3.8, 4) is 0 Å². The third-order valence-electron chi connectivity index (χ3n) is 1.30. The van der Waals surface area contributed by atoms with Gasteiger partial charge in [-0.3, -0.25) is 19.2 Å². The molecule has 0 spiro atoms. The maximum Gasteiger partial charge on any atom is 0.412 e. The Morgan fingerprint density at radius 3 is 1.76 bits per heavy atom. The molecule has 1 N–H and O–H groups in total. The van der Waals surface area contributed by atoms with Crippen LogP contribution in [0.4, 0.5) is 0 Å². The number of carboxylic acids is 1. The molecule has 8 heteroatoms. The minimum Gasteiger partial charge on any atom is -0.481 e. The average molecular weight is 248 g/mol. The van der Waals surface area contributed by atoms with Gasteiger partial charge in [-0.25, -0.2) is 0 Å². The number of carbonyl (C=O) groups excluding carboxylic acids is 3. The lowest BCUT2D eigenvalue weighted by atomic mass is 10.3. The van der Waals surface area contributed by atoms with Crippen molar-refractivity contribution >= 4 is 23.9 Å². The molecule has 0 atom stereocenters. The largest absolute Gasteiger partial charge is 0.481 e. The number of esters is 3. The fraction of sp³-hybridized carbons (Fsp3) is 0.556. The van der Waals surface area contributed by atoms with E-state index < -0.39 is 43.2 Å². The molecule has 0 aromatic rings. The van der Waals surface area contributed by atoms with E-state index in [4.69, 9.17) is 5.11 Å². The molecule has 0 saturated carbocycles. The van der Waals surface area contributed by atoms with Gasteiger partial charge in [-0.05, 0) is 0 Å². The van der Waals surface area contributed by atoms with Crippen molar-refractivity contribution in [2.75, 3.05) is 0 Å². The Morgan fingerprint density at radius 2 is 1.41 bits per heavy atom.